The molecule has 5 nitrogen and oxygen atoms in total. The van der Waals surface area contributed by atoms with E-state index in [1.54, 1.807) is 13.3 Å². The van der Waals surface area contributed by atoms with Gasteiger partial charge in [-0.3, -0.25) is 4.79 Å². The summed E-state index contributed by atoms with van der Waals surface area (Å²) in [4.78, 5) is 19.0. The summed E-state index contributed by atoms with van der Waals surface area (Å²) in [6.07, 6.45) is 2.55. The van der Waals surface area contributed by atoms with E-state index in [4.69, 9.17) is 9.15 Å². The molecule has 3 rings (SSSR count). The summed E-state index contributed by atoms with van der Waals surface area (Å²) in [5.41, 5.74) is 2.03. The zero-order valence-corrected chi connectivity index (χ0v) is 16.6. The molecule has 0 N–H and O–H groups in total. The number of aryl methyl sites for hydroxylation is 1. The molecule has 1 aromatic heterocycles. The fourth-order valence-corrected chi connectivity index (χ4v) is 3.27. The molecule has 1 unspecified atom stereocenters. The number of amides is 1. The van der Waals surface area contributed by atoms with Crippen molar-refractivity contribution in [3.8, 4) is 17.1 Å². The predicted molar refractivity (Wildman–Crippen MR) is 109 cm³/mol. The minimum absolute atomic E-state index is 0.0305. The van der Waals surface area contributed by atoms with Crippen LogP contribution < -0.4 is 4.74 Å². The maximum atomic E-state index is 12.8. The van der Waals surface area contributed by atoms with E-state index < -0.39 is 0 Å². The van der Waals surface area contributed by atoms with E-state index in [1.165, 1.54) is 0 Å². The molecule has 0 spiro atoms. The van der Waals surface area contributed by atoms with Gasteiger partial charge in [0.2, 0.25) is 5.91 Å². The number of methoxy groups -OCH3 is 1. The number of rotatable bonds is 8. The fourth-order valence-electron chi connectivity index (χ4n) is 3.27. The average Bonchev–Trinajstić information content (AvgIpc) is 3.22. The van der Waals surface area contributed by atoms with E-state index in [0.29, 0.717) is 25.3 Å². The van der Waals surface area contributed by atoms with Crippen molar-refractivity contribution in [1.82, 2.24) is 9.88 Å². The van der Waals surface area contributed by atoms with Crippen molar-refractivity contribution in [2.24, 2.45) is 0 Å². The molecule has 2 aromatic carbocycles. The second kappa shape index (κ2) is 9.22. The van der Waals surface area contributed by atoms with Crippen LogP contribution in [0.25, 0.3) is 11.3 Å². The molecule has 0 saturated heterocycles. The van der Waals surface area contributed by atoms with Crippen LogP contribution in [-0.4, -0.2) is 29.4 Å². The van der Waals surface area contributed by atoms with Crippen molar-refractivity contribution in [3.63, 3.8) is 0 Å². The van der Waals surface area contributed by atoms with Gasteiger partial charge in [0.25, 0.3) is 0 Å². The third-order valence-electron chi connectivity index (χ3n) is 4.87. The third-order valence-corrected chi connectivity index (χ3v) is 4.87. The van der Waals surface area contributed by atoms with Gasteiger partial charge in [0.15, 0.2) is 11.7 Å². The number of hydrogen-bond acceptors (Lipinski definition) is 4. The highest BCUT2D eigenvalue weighted by molar-refractivity contribution is 5.76. The first kappa shape index (κ1) is 19.7. The van der Waals surface area contributed by atoms with Gasteiger partial charge in [-0.1, -0.05) is 42.5 Å². The molecule has 0 aliphatic rings. The first-order chi connectivity index (χ1) is 13.6. The van der Waals surface area contributed by atoms with E-state index >= 15 is 0 Å². The van der Waals surface area contributed by atoms with Crippen molar-refractivity contribution in [2.75, 3.05) is 13.7 Å². The monoisotopic (exact) mass is 378 g/mol. The van der Waals surface area contributed by atoms with Crippen LogP contribution in [0.4, 0.5) is 0 Å². The van der Waals surface area contributed by atoms with E-state index in [1.807, 2.05) is 73.3 Å². The topological polar surface area (TPSA) is 55.6 Å². The van der Waals surface area contributed by atoms with E-state index in [0.717, 1.165) is 22.6 Å². The first-order valence-electron chi connectivity index (χ1n) is 9.56. The van der Waals surface area contributed by atoms with Gasteiger partial charge in [-0.05, 0) is 31.5 Å². The number of oxazole rings is 1. The van der Waals surface area contributed by atoms with E-state index in [-0.39, 0.29) is 11.9 Å². The Morgan fingerprint density at radius 2 is 1.96 bits per heavy atom. The molecule has 0 aliphatic carbocycles. The van der Waals surface area contributed by atoms with Crippen LogP contribution in [0.15, 0.2) is 65.2 Å². The van der Waals surface area contributed by atoms with Gasteiger partial charge < -0.3 is 14.1 Å². The number of benzene rings is 2. The van der Waals surface area contributed by atoms with Crippen LogP contribution in [-0.2, 0) is 11.2 Å². The van der Waals surface area contributed by atoms with Gasteiger partial charge in [0.1, 0.15) is 5.75 Å². The molecule has 0 bridgehead atoms. The van der Waals surface area contributed by atoms with Gasteiger partial charge in [-0.25, -0.2) is 4.98 Å². The third kappa shape index (κ3) is 4.60. The Morgan fingerprint density at radius 3 is 2.68 bits per heavy atom. The Kier molecular flexibility index (Phi) is 6.48. The number of carbonyl (C=O) groups excluding carboxylic acids is 1. The highest BCUT2D eigenvalue weighted by Gasteiger charge is 2.21. The molecule has 1 heterocycles. The molecule has 146 valence electrons. The van der Waals surface area contributed by atoms with Gasteiger partial charge in [-0.2, -0.15) is 0 Å². The first-order valence-corrected chi connectivity index (χ1v) is 9.56. The van der Waals surface area contributed by atoms with Crippen LogP contribution >= 0.6 is 0 Å². The largest absolute Gasteiger partial charge is 0.497 e. The Labute approximate surface area is 166 Å². The Hall–Kier alpha value is -3.08. The summed E-state index contributed by atoms with van der Waals surface area (Å²) in [5, 5.41) is 0. The maximum absolute atomic E-state index is 12.8. The van der Waals surface area contributed by atoms with Gasteiger partial charge in [-0.15, -0.1) is 0 Å². The summed E-state index contributed by atoms with van der Waals surface area (Å²) in [6.45, 7) is 4.67. The lowest BCUT2D eigenvalue weighted by atomic mass is 10.1. The Morgan fingerprint density at radius 1 is 1.18 bits per heavy atom. The number of aromatic nitrogens is 1. The van der Waals surface area contributed by atoms with E-state index in [9.17, 15) is 4.79 Å². The zero-order valence-electron chi connectivity index (χ0n) is 16.6. The van der Waals surface area contributed by atoms with Crippen molar-refractivity contribution in [1.29, 1.82) is 0 Å². The SMILES string of the molecule is CCN(C(=O)CCc1ncc(-c2ccccc2)o1)C(C)c1cccc(OC)c1. The summed E-state index contributed by atoms with van der Waals surface area (Å²) < 4.78 is 11.1. The summed E-state index contributed by atoms with van der Waals surface area (Å²) in [6, 6.07) is 17.6. The minimum Gasteiger partial charge on any atom is -0.497 e. The normalized spacial score (nSPS) is 11.8. The fraction of sp³-hybridized carbons (Fsp3) is 0.304. The van der Waals surface area contributed by atoms with Crippen molar-refractivity contribution >= 4 is 5.91 Å². The Balaban J connectivity index is 1.63. The molecule has 1 atom stereocenters. The van der Waals surface area contributed by atoms with Crippen molar-refractivity contribution < 1.29 is 13.9 Å². The molecule has 28 heavy (non-hydrogen) atoms. The number of ether oxygens (including phenoxy) is 1. The van der Waals surface area contributed by atoms with Crippen LogP contribution in [0, 0.1) is 0 Å². The van der Waals surface area contributed by atoms with Gasteiger partial charge >= 0.3 is 0 Å². The van der Waals surface area contributed by atoms with E-state index in [2.05, 4.69) is 4.98 Å². The molecule has 1 amide bonds. The second-order valence-electron chi connectivity index (χ2n) is 6.62. The highest BCUT2D eigenvalue weighted by atomic mass is 16.5. The van der Waals surface area contributed by atoms with Crippen molar-refractivity contribution in [3.05, 3.63) is 72.2 Å². The lowest BCUT2D eigenvalue weighted by Crippen LogP contribution is -2.33. The van der Waals surface area contributed by atoms with Gasteiger partial charge in [0, 0.05) is 24.9 Å². The number of hydrogen-bond donors (Lipinski definition) is 0. The predicted octanol–water partition coefficient (Wildman–Crippen LogP) is 4.89. The standard InChI is InChI=1S/C23H26N2O3/c1-4-25(17(2)19-11-8-12-20(15-19)27-3)23(26)14-13-22-24-16-21(28-22)18-9-6-5-7-10-18/h5-12,15-17H,4,13-14H2,1-3H3. The summed E-state index contributed by atoms with van der Waals surface area (Å²) in [5.74, 6) is 2.18. The zero-order chi connectivity index (χ0) is 19.9. The smallest absolute Gasteiger partial charge is 0.223 e. The lowest BCUT2D eigenvalue weighted by molar-refractivity contribution is -0.133. The van der Waals surface area contributed by atoms with Crippen LogP contribution in [0.1, 0.15) is 37.8 Å². The molecular weight excluding hydrogens is 352 g/mol. The average molecular weight is 378 g/mol. The summed E-state index contributed by atoms with van der Waals surface area (Å²) in [7, 11) is 1.65. The quantitative estimate of drug-likeness (QED) is 0.560. The molecule has 0 fully saturated rings. The highest BCUT2D eigenvalue weighted by Crippen LogP contribution is 2.25. The number of carbonyl (C=O) groups is 1. The molecule has 0 aliphatic heterocycles. The summed E-state index contributed by atoms with van der Waals surface area (Å²) >= 11 is 0. The molecular formula is C23H26N2O3. The van der Waals surface area contributed by atoms with Crippen molar-refractivity contribution in [2.45, 2.75) is 32.7 Å². The second-order valence-corrected chi connectivity index (χ2v) is 6.62. The minimum atomic E-state index is -0.0305. The molecule has 3 aromatic rings. The van der Waals surface area contributed by atoms with Gasteiger partial charge in [0.05, 0.1) is 19.3 Å². The Bertz CT molecular complexity index is 905. The lowest BCUT2D eigenvalue weighted by Gasteiger charge is -2.28. The van der Waals surface area contributed by atoms with Crippen LogP contribution in [0.5, 0.6) is 5.75 Å². The molecule has 0 saturated carbocycles. The number of nitrogens with zero attached hydrogens (tertiary/aromatic N) is 2. The molecule has 0 radical (unpaired) electrons. The van der Waals surface area contributed by atoms with Crippen LogP contribution in [0.2, 0.25) is 0 Å². The van der Waals surface area contributed by atoms with Crippen LogP contribution in [0.3, 0.4) is 0 Å². The molecule has 5 heteroatoms. The maximum Gasteiger partial charge on any atom is 0.223 e.